The molecule has 0 aromatic rings. The fraction of sp³-hybridized carbons (Fsp3) is 0.636. The Bertz CT molecular complexity index is 562. The standard InChI is InChI=1S/C11H10F6N2O4/c1-9(2)5(7(20)22-3-10(12,13)14)6(18-19-9)8(21)23-4-11(15,16)17/h3-4H2,1-2H3. The van der Waals surface area contributed by atoms with Crippen molar-refractivity contribution in [1.82, 2.24) is 0 Å². The first-order valence-electron chi connectivity index (χ1n) is 5.88. The van der Waals surface area contributed by atoms with Crippen molar-refractivity contribution >= 4 is 11.9 Å². The van der Waals surface area contributed by atoms with Crippen molar-refractivity contribution in [3.05, 3.63) is 11.3 Å². The molecule has 1 aliphatic heterocycles. The van der Waals surface area contributed by atoms with Gasteiger partial charge in [0.05, 0.1) is 0 Å². The summed E-state index contributed by atoms with van der Waals surface area (Å²) in [5, 5.41) is 6.67. The molecule has 0 saturated heterocycles. The summed E-state index contributed by atoms with van der Waals surface area (Å²) >= 11 is 0. The summed E-state index contributed by atoms with van der Waals surface area (Å²) in [6.07, 6.45) is -9.64. The van der Waals surface area contributed by atoms with E-state index in [4.69, 9.17) is 0 Å². The Morgan fingerprint density at radius 3 is 1.83 bits per heavy atom. The second kappa shape index (κ2) is 6.16. The third-order valence-electron chi connectivity index (χ3n) is 2.38. The highest BCUT2D eigenvalue weighted by Crippen LogP contribution is 2.34. The third kappa shape index (κ3) is 5.53. The van der Waals surface area contributed by atoms with E-state index in [1.165, 1.54) is 13.8 Å². The predicted octanol–water partition coefficient (Wildman–Crippen LogP) is 2.70. The van der Waals surface area contributed by atoms with Crippen molar-refractivity contribution in [3.63, 3.8) is 0 Å². The first kappa shape index (κ1) is 18.9. The van der Waals surface area contributed by atoms with E-state index in [1.807, 2.05) is 0 Å². The molecule has 0 radical (unpaired) electrons. The molecule has 0 aromatic heterocycles. The first-order valence-corrected chi connectivity index (χ1v) is 5.88. The molecule has 0 aromatic carbocycles. The monoisotopic (exact) mass is 348 g/mol. The zero-order chi connectivity index (χ0) is 18.1. The van der Waals surface area contributed by atoms with Crippen LogP contribution < -0.4 is 0 Å². The summed E-state index contributed by atoms with van der Waals surface area (Å²) in [7, 11) is 0. The lowest BCUT2D eigenvalue weighted by Crippen LogP contribution is -2.30. The van der Waals surface area contributed by atoms with Crippen LogP contribution in [0.1, 0.15) is 13.8 Å². The van der Waals surface area contributed by atoms with Crippen LogP contribution in [-0.2, 0) is 19.1 Å². The van der Waals surface area contributed by atoms with E-state index in [9.17, 15) is 35.9 Å². The van der Waals surface area contributed by atoms with Crippen molar-refractivity contribution in [2.24, 2.45) is 10.2 Å². The van der Waals surface area contributed by atoms with E-state index in [2.05, 4.69) is 19.7 Å². The van der Waals surface area contributed by atoms with E-state index in [1.54, 1.807) is 0 Å². The number of nitrogens with zero attached hydrogens (tertiary/aromatic N) is 2. The lowest BCUT2D eigenvalue weighted by molar-refractivity contribution is -0.185. The maximum Gasteiger partial charge on any atom is 0.422 e. The molecule has 0 unspecified atom stereocenters. The minimum Gasteiger partial charge on any atom is -0.453 e. The van der Waals surface area contributed by atoms with Crippen LogP contribution in [-0.4, -0.2) is 43.0 Å². The van der Waals surface area contributed by atoms with Gasteiger partial charge in [0, 0.05) is 0 Å². The van der Waals surface area contributed by atoms with Gasteiger partial charge in [-0.05, 0) is 13.8 Å². The summed E-state index contributed by atoms with van der Waals surface area (Å²) < 4.78 is 80.0. The molecular weight excluding hydrogens is 338 g/mol. The number of rotatable bonds is 4. The molecule has 0 bridgehead atoms. The van der Waals surface area contributed by atoms with Gasteiger partial charge in [-0.3, -0.25) is 0 Å². The molecule has 0 amide bonds. The highest BCUT2D eigenvalue weighted by Gasteiger charge is 2.43. The number of ether oxygens (including phenoxy) is 2. The number of esters is 2. The van der Waals surface area contributed by atoms with Gasteiger partial charge in [0.2, 0.25) is 0 Å². The topological polar surface area (TPSA) is 77.3 Å². The summed E-state index contributed by atoms with van der Waals surface area (Å²) in [5.41, 5.74) is -3.18. The molecule has 0 fully saturated rings. The molecule has 0 N–H and O–H groups in total. The van der Waals surface area contributed by atoms with Crippen LogP contribution in [0.3, 0.4) is 0 Å². The van der Waals surface area contributed by atoms with E-state index in [0.717, 1.165) is 0 Å². The normalized spacial score (nSPS) is 17.4. The molecule has 0 aliphatic carbocycles. The lowest BCUT2D eigenvalue weighted by atomic mass is 9.94. The van der Waals surface area contributed by atoms with E-state index in [0.29, 0.717) is 0 Å². The van der Waals surface area contributed by atoms with Crippen LogP contribution in [0.2, 0.25) is 0 Å². The highest BCUT2D eigenvalue weighted by molar-refractivity contribution is 6.02. The van der Waals surface area contributed by atoms with Crippen molar-refractivity contribution in [2.45, 2.75) is 31.7 Å². The molecule has 23 heavy (non-hydrogen) atoms. The molecule has 0 atom stereocenters. The quantitative estimate of drug-likeness (QED) is 0.578. The minimum absolute atomic E-state index is 0.714. The van der Waals surface area contributed by atoms with Gasteiger partial charge < -0.3 is 9.47 Å². The lowest BCUT2D eigenvalue weighted by Gasteiger charge is -2.17. The van der Waals surface area contributed by atoms with E-state index in [-0.39, 0.29) is 0 Å². The number of hydrogen-bond donors (Lipinski definition) is 0. The van der Waals surface area contributed by atoms with Gasteiger partial charge in [-0.15, -0.1) is 5.11 Å². The van der Waals surface area contributed by atoms with Gasteiger partial charge in [0.25, 0.3) is 0 Å². The Morgan fingerprint density at radius 2 is 1.39 bits per heavy atom. The molecule has 0 saturated carbocycles. The molecule has 6 nitrogen and oxygen atoms in total. The second-order valence-electron chi connectivity index (χ2n) is 4.87. The second-order valence-corrected chi connectivity index (χ2v) is 4.87. The van der Waals surface area contributed by atoms with Gasteiger partial charge >= 0.3 is 24.3 Å². The number of halogens is 6. The number of carbonyl (C=O) groups is 2. The molecule has 1 aliphatic rings. The average molecular weight is 348 g/mol. The number of alkyl halides is 6. The zero-order valence-electron chi connectivity index (χ0n) is 11.7. The summed E-state index contributed by atoms with van der Waals surface area (Å²) in [6, 6.07) is 0. The largest absolute Gasteiger partial charge is 0.453 e. The molecule has 130 valence electrons. The maximum atomic E-state index is 12.0. The van der Waals surface area contributed by atoms with Gasteiger partial charge in [-0.25, -0.2) is 9.59 Å². The Labute approximate surface area is 125 Å². The summed E-state index contributed by atoms with van der Waals surface area (Å²) in [5.74, 6) is -3.22. The van der Waals surface area contributed by atoms with Gasteiger partial charge in [-0.1, -0.05) is 0 Å². The average Bonchev–Trinajstić information content (AvgIpc) is 2.67. The van der Waals surface area contributed by atoms with Crippen molar-refractivity contribution < 1.29 is 45.4 Å². The molecule has 1 rings (SSSR count). The summed E-state index contributed by atoms with van der Waals surface area (Å²) in [6.45, 7) is -1.46. The molecule has 12 heteroatoms. The van der Waals surface area contributed by atoms with Gasteiger partial charge in [0.1, 0.15) is 11.1 Å². The van der Waals surface area contributed by atoms with Crippen molar-refractivity contribution in [1.29, 1.82) is 0 Å². The predicted molar refractivity (Wildman–Crippen MR) is 60.0 cm³/mol. The van der Waals surface area contributed by atoms with Crippen LogP contribution >= 0.6 is 0 Å². The van der Waals surface area contributed by atoms with Crippen molar-refractivity contribution in [2.75, 3.05) is 13.2 Å². The Balaban J connectivity index is 2.97. The van der Waals surface area contributed by atoms with Crippen LogP contribution in [0, 0.1) is 0 Å². The number of hydrogen-bond acceptors (Lipinski definition) is 6. The van der Waals surface area contributed by atoms with Crippen LogP contribution in [0.25, 0.3) is 0 Å². The minimum atomic E-state index is -4.82. The van der Waals surface area contributed by atoms with Gasteiger partial charge in [-0.2, -0.15) is 31.5 Å². The highest BCUT2D eigenvalue weighted by atomic mass is 19.4. The SMILES string of the molecule is CC1(C)N=NC(C(=O)OCC(F)(F)F)=C1C(=O)OCC(F)(F)F. The molecular formula is C11H10F6N2O4. The van der Waals surface area contributed by atoms with Crippen LogP contribution in [0.15, 0.2) is 21.5 Å². The Kier molecular flexibility index (Phi) is 5.07. The van der Waals surface area contributed by atoms with Crippen LogP contribution in [0.4, 0.5) is 26.3 Å². The Hall–Kier alpha value is -2.14. The fourth-order valence-corrected chi connectivity index (χ4v) is 1.49. The van der Waals surface area contributed by atoms with E-state index >= 15 is 0 Å². The van der Waals surface area contributed by atoms with Gasteiger partial charge in [0.15, 0.2) is 18.9 Å². The zero-order valence-corrected chi connectivity index (χ0v) is 11.7. The van der Waals surface area contributed by atoms with Crippen molar-refractivity contribution in [3.8, 4) is 0 Å². The molecule has 1 heterocycles. The summed E-state index contributed by atoms with van der Waals surface area (Å²) in [4.78, 5) is 23.2. The number of carbonyl (C=O) groups excluding carboxylic acids is 2. The number of azo groups is 1. The maximum absolute atomic E-state index is 12.0. The third-order valence-corrected chi connectivity index (χ3v) is 2.38. The van der Waals surface area contributed by atoms with E-state index < -0.39 is 54.3 Å². The molecule has 0 spiro atoms. The smallest absolute Gasteiger partial charge is 0.422 e. The van der Waals surface area contributed by atoms with Crippen LogP contribution in [0.5, 0.6) is 0 Å². The first-order chi connectivity index (χ1) is 10.2. The Morgan fingerprint density at radius 1 is 0.957 bits per heavy atom. The fourth-order valence-electron chi connectivity index (χ4n) is 1.49.